The zero-order valence-electron chi connectivity index (χ0n) is 15.2. The van der Waals surface area contributed by atoms with Crippen LogP contribution in [-0.2, 0) is 21.2 Å². The lowest BCUT2D eigenvalue weighted by Gasteiger charge is -2.31. The van der Waals surface area contributed by atoms with Crippen molar-refractivity contribution < 1.29 is 13.2 Å². The van der Waals surface area contributed by atoms with E-state index in [-0.39, 0.29) is 23.6 Å². The SMILES string of the molecule is CCCCS(=O)(=O)N1CCC(C(=O)NC2CCc3cc(Cl)ccc32)CC1. The molecule has 0 radical (unpaired) electrons. The number of nitrogens with one attached hydrogen (secondary N) is 1. The molecule has 1 aromatic carbocycles. The Labute approximate surface area is 161 Å². The van der Waals surface area contributed by atoms with Gasteiger partial charge < -0.3 is 5.32 Å². The Kier molecular flexibility index (Phi) is 6.25. The summed E-state index contributed by atoms with van der Waals surface area (Å²) in [5.41, 5.74) is 2.36. The van der Waals surface area contributed by atoms with Crippen LogP contribution in [0.5, 0.6) is 0 Å². The second-order valence-corrected chi connectivity index (χ2v) is 9.81. The van der Waals surface area contributed by atoms with Gasteiger partial charge >= 0.3 is 0 Å². The van der Waals surface area contributed by atoms with Crippen LogP contribution in [0.4, 0.5) is 0 Å². The Bertz CT molecular complexity index is 758. The van der Waals surface area contributed by atoms with Crippen LogP contribution in [0.2, 0.25) is 5.02 Å². The fourth-order valence-corrected chi connectivity index (χ4v) is 5.75. The molecular formula is C19H27ClN2O3S. The van der Waals surface area contributed by atoms with Crippen LogP contribution in [0.15, 0.2) is 18.2 Å². The zero-order chi connectivity index (χ0) is 18.7. The fourth-order valence-electron chi connectivity index (χ4n) is 3.88. The van der Waals surface area contributed by atoms with E-state index in [1.807, 2.05) is 25.1 Å². The largest absolute Gasteiger partial charge is 0.349 e. The summed E-state index contributed by atoms with van der Waals surface area (Å²) in [6.07, 6.45) is 4.56. The predicted octanol–water partition coefficient (Wildman–Crippen LogP) is 3.29. The number of rotatable bonds is 6. The van der Waals surface area contributed by atoms with E-state index in [0.29, 0.717) is 32.4 Å². The summed E-state index contributed by atoms with van der Waals surface area (Å²) in [5.74, 6) is 0.147. The Morgan fingerprint density at radius 3 is 2.69 bits per heavy atom. The molecule has 1 saturated heterocycles. The third-order valence-electron chi connectivity index (χ3n) is 5.47. The maximum Gasteiger partial charge on any atom is 0.223 e. The molecule has 1 aliphatic heterocycles. The van der Waals surface area contributed by atoms with Gasteiger partial charge in [0.1, 0.15) is 0 Å². The number of fused-ring (bicyclic) bond motifs is 1. The smallest absolute Gasteiger partial charge is 0.223 e. The number of carbonyl (C=O) groups is 1. The lowest BCUT2D eigenvalue weighted by molar-refractivity contribution is -0.126. The van der Waals surface area contributed by atoms with E-state index in [2.05, 4.69) is 5.32 Å². The topological polar surface area (TPSA) is 66.5 Å². The summed E-state index contributed by atoms with van der Waals surface area (Å²) >= 11 is 6.04. The molecule has 1 amide bonds. The average Bonchev–Trinajstić information content (AvgIpc) is 3.02. The first-order valence-electron chi connectivity index (χ1n) is 9.47. The Balaban J connectivity index is 1.54. The van der Waals surface area contributed by atoms with Gasteiger partial charge in [0, 0.05) is 24.0 Å². The first kappa shape index (κ1) is 19.6. The van der Waals surface area contributed by atoms with Crippen molar-refractivity contribution >= 4 is 27.5 Å². The lowest BCUT2D eigenvalue weighted by Crippen LogP contribution is -2.44. The number of carbonyl (C=O) groups excluding carboxylic acids is 1. The third kappa shape index (κ3) is 4.41. The molecule has 1 atom stereocenters. The number of benzene rings is 1. The molecule has 0 aromatic heterocycles. The van der Waals surface area contributed by atoms with Crippen molar-refractivity contribution in [3.05, 3.63) is 34.3 Å². The molecule has 0 bridgehead atoms. The van der Waals surface area contributed by atoms with Crippen LogP contribution in [0, 0.1) is 5.92 Å². The van der Waals surface area contributed by atoms with Crippen molar-refractivity contribution in [2.45, 2.75) is 51.5 Å². The summed E-state index contributed by atoms with van der Waals surface area (Å²) in [7, 11) is -3.17. The van der Waals surface area contributed by atoms with E-state index in [9.17, 15) is 13.2 Å². The van der Waals surface area contributed by atoms with E-state index in [1.54, 1.807) is 4.31 Å². The normalized spacial score (nSPS) is 21.5. The maximum absolute atomic E-state index is 12.7. The van der Waals surface area contributed by atoms with Crippen molar-refractivity contribution in [3.8, 4) is 0 Å². The number of halogens is 1. The minimum absolute atomic E-state index is 0.0427. The van der Waals surface area contributed by atoms with Crippen molar-refractivity contribution in [1.82, 2.24) is 9.62 Å². The standard InChI is InChI=1S/C19H27ClN2O3S/c1-2-3-12-26(24,25)22-10-8-14(9-11-22)19(23)21-18-7-4-15-13-16(20)5-6-17(15)18/h5-6,13-14,18H,2-4,7-12H2,1H3,(H,21,23). The van der Waals surface area contributed by atoms with Crippen LogP contribution < -0.4 is 5.32 Å². The van der Waals surface area contributed by atoms with Gasteiger partial charge in [0.25, 0.3) is 0 Å². The molecule has 2 aliphatic rings. The summed E-state index contributed by atoms with van der Waals surface area (Å²) in [6.45, 7) is 2.88. The molecule has 1 unspecified atom stereocenters. The van der Waals surface area contributed by atoms with Crippen LogP contribution in [0.1, 0.15) is 56.2 Å². The fraction of sp³-hybridized carbons (Fsp3) is 0.632. The molecule has 7 heteroatoms. The van der Waals surface area contributed by atoms with E-state index in [4.69, 9.17) is 11.6 Å². The van der Waals surface area contributed by atoms with E-state index >= 15 is 0 Å². The van der Waals surface area contributed by atoms with Crippen molar-refractivity contribution in [3.63, 3.8) is 0 Å². The van der Waals surface area contributed by atoms with Gasteiger partial charge in [-0.1, -0.05) is 31.0 Å². The molecule has 1 N–H and O–H groups in total. The Hall–Kier alpha value is -1.11. The number of amides is 1. The van der Waals surface area contributed by atoms with Gasteiger partial charge in [-0.25, -0.2) is 12.7 Å². The highest BCUT2D eigenvalue weighted by Crippen LogP contribution is 2.33. The Morgan fingerprint density at radius 1 is 1.27 bits per heavy atom. The van der Waals surface area contributed by atoms with E-state index in [0.717, 1.165) is 29.8 Å². The average molecular weight is 399 g/mol. The molecule has 0 spiro atoms. The number of hydrogen-bond acceptors (Lipinski definition) is 3. The minimum atomic E-state index is -3.17. The highest BCUT2D eigenvalue weighted by atomic mass is 35.5. The van der Waals surface area contributed by atoms with Gasteiger partial charge in [-0.3, -0.25) is 4.79 Å². The minimum Gasteiger partial charge on any atom is -0.349 e. The predicted molar refractivity (Wildman–Crippen MR) is 104 cm³/mol. The molecule has 1 heterocycles. The van der Waals surface area contributed by atoms with Gasteiger partial charge in [-0.15, -0.1) is 0 Å². The summed E-state index contributed by atoms with van der Waals surface area (Å²) in [6, 6.07) is 5.88. The summed E-state index contributed by atoms with van der Waals surface area (Å²) in [5, 5.41) is 3.89. The molecule has 1 aromatic rings. The molecule has 0 saturated carbocycles. The summed E-state index contributed by atoms with van der Waals surface area (Å²) in [4.78, 5) is 12.7. The molecule has 5 nitrogen and oxygen atoms in total. The van der Waals surface area contributed by atoms with Gasteiger partial charge in [0.15, 0.2) is 0 Å². The van der Waals surface area contributed by atoms with Gasteiger partial charge in [0.2, 0.25) is 15.9 Å². The second-order valence-electron chi connectivity index (χ2n) is 7.29. The van der Waals surface area contributed by atoms with Crippen molar-refractivity contribution in [2.24, 2.45) is 5.92 Å². The highest BCUT2D eigenvalue weighted by molar-refractivity contribution is 7.89. The molecule has 3 rings (SSSR count). The number of aryl methyl sites for hydroxylation is 1. The molecular weight excluding hydrogens is 372 g/mol. The van der Waals surface area contributed by atoms with Crippen molar-refractivity contribution in [1.29, 1.82) is 0 Å². The Morgan fingerprint density at radius 2 is 2.00 bits per heavy atom. The van der Waals surface area contributed by atoms with E-state index in [1.165, 1.54) is 5.56 Å². The van der Waals surface area contributed by atoms with Crippen LogP contribution in [0.3, 0.4) is 0 Å². The molecule has 144 valence electrons. The first-order chi connectivity index (χ1) is 12.4. The monoisotopic (exact) mass is 398 g/mol. The highest BCUT2D eigenvalue weighted by Gasteiger charge is 2.32. The zero-order valence-corrected chi connectivity index (χ0v) is 16.8. The maximum atomic E-state index is 12.7. The molecule has 1 aliphatic carbocycles. The second kappa shape index (κ2) is 8.28. The number of piperidine rings is 1. The van der Waals surface area contributed by atoms with Crippen molar-refractivity contribution in [2.75, 3.05) is 18.8 Å². The van der Waals surface area contributed by atoms with Crippen LogP contribution in [-0.4, -0.2) is 37.5 Å². The number of unbranched alkanes of at least 4 members (excludes halogenated alkanes) is 1. The third-order valence-corrected chi connectivity index (χ3v) is 7.66. The first-order valence-corrected chi connectivity index (χ1v) is 11.5. The quantitative estimate of drug-likeness (QED) is 0.799. The van der Waals surface area contributed by atoms with Gasteiger partial charge in [-0.05, 0) is 55.4 Å². The number of sulfonamides is 1. The molecule has 26 heavy (non-hydrogen) atoms. The van der Waals surface area contributed by atoms with Crippen LogP contribution in [0.25, 0.3) is 0 Å². The van der Waals surface area contributed by atoms with E-state index < -0.39 is 10.0 Å². The van der Waals surface area contributed by atoms with Gasteiger partial charge in [-0.2, -0.15) is 0 Å². The van der Waals surface area contributed by atoms with Crippen LogP contribution >= 0.6 is 11.6 Å². The number of hydrogen-bond donors (Lipinski definition) is 1. The van der Waals surface area contributed by atoms with Gasteiger partial charge in [0.05, 0.1) is 11.8 Å². The summed E-state index contributed by atoms with van der Waals surface area (Å²) < 4.78 is 26.1. The number of nitrogens with zero attached hydrogens (tertiary/aromatic N) is 1. The lowest BCUT2D eigenvalue weighted by atomic mass is 9.96. The molecule has 1 fully saturated rings.